The average Bonchev–Trinajstić information content (AvgIpc) is 2.58. The maximum atomic E-state index is 6.07. The standard InChI is InChI=1S/C19H31N3O/c1-17-9-13-22(14-10-17)19(20)21-12-5-6-15-23-16-11-18-7-3-2-4-8-18/h2-4,7-8,17H,5-6,9-16H2,1H3,(H2,20,21). The molecule has 1 saturated heterocycles. The van der Waals surface area contributed by atoms with Crippen molar-refractivity contribution < 1.29 is 4.74 Å². The quantitative estimate of drug-likeness (QED) is 0.455. The molecule has 0 spiro atoms. The van der Waals surface area contributed by atoms with Crippen molar-refractivity contribution in [3.8, 4) is 0 Å². The highest BCUT2D eigenvalue weighted by Crippen LogP contribution is 2.15. The van der Waals surface area contributed by atoms with Crippen LogP contribution in [0.25, 0.3) is 0 Å². The van der Waals surface area contributed by atoms with Crippen LogP contribution in [0.4, 0.5) is 0 Å². The summed E-state index contributed by atoms with van der Waals surface area (Å²) < 4.78 is 5.68. The average molecular weight is 317 g/mol. The van der Waals surface area contributed by atoms with Crippen LogP contribution in [0.2, 0.25) is 0 Å². The maximum Gasteiger partial charge on any atom is 0.191 e. The van der Waals surface area contributed by atoms with Crippen LogP contribution in [-0.2, 0) is 11.2 Å². The predicted octanol–water partition coefficient (Wildman–Crippen LogP) is 3.07. The highest BCUT2D eigenvalue weighted by atomic mass is 16.5. The van der Waals surface area contributed by atoms with Crippen molar-refractivity contribution in [1.82, 2.24) is 4.90 Å². The molecule has 1 aliphatic heterocycles. The van der Waals surface area contributed by atoms with E-state index in [-0.39, 0.29) is 0 Å². The Morgan fingerprint density at radius 1 is 1.17 bits per heavy atom. The summed E-state index contributed by atoms with van der Waals surface area (Å²) in [4.78, 5) is 6.72. The van der Waals surface area contributed by atoms with Crippen LogP contribution in [0.15, 0.2) is 35.3 Å². The Morgan fingerprint density at radius 2 is 1.91 bits per heavy atom. The Morgan fingerprint density at radius 3 is 2.65 bits per heavy atom. The van der Waals surface area contributed by atoms with E-state index >= 15 is 0 Å². The number of nitrogens with two attached hydrogens (primary N) is 1. The topological polar surface area (TPSA) is 50.8 Å². The van der Waals surface area contributed by atoms with Crippen LogP contribution in [0.5, 0.6) is 0 Å². The van der Waals surface area contributed by atoms with E-state index in [1.165, 1.54) is 18.4 Å². The fraction of sp³-hybridized carbons (Fsp3) is 0.632. The number of benzene rings is 1. The van der Waals surface area contributed by atoms with E-state index in [1.807, 2.05) is 6.07 Å². The summed E-state index contributed by atoms with van der Waals surface area (Å²) in [6.45, 7) is 6.82. The van der Waals surface area contributed by atoms with Crippen LogP contribution < -0.4 is 5.73 Å². The summed E-state index contributed by atoms with van der Waals surface area (Å²) in [5.74, 6) is 1.55. The molecule has 0 atom stereocenters. The number of hydrogen-bond donors (Lipinski definition) is 1. The molecule has 0 bridgehead atoms. The molecule has 0 aromatic heterocycles. The lowest BCUT2D eigenvalue weighted by atomic mass is 10.00. The Labute approximate surface area is 140 Å². The second kappa shape index (κ2) is 10.3. The first-order valence-corrected chi connectivity index (χ1v) is 8.92. The number of hydrogen-bond acceptors (Lipinski definition) is 2. The van der Waals surface area contributed by atoms with Crippen molar-refractivity contribution in [2.45, 2.75) is 39.0 Å². The molecule has 1 aliphatic rings. The predicted molar refractivity (Wildman–Crippen MR) is 96.7 cm³/mol. The number of unbranched alkanes of at least 4 members (excludes halogenated alkanes) is 1. The number of nitrogens with zero attached hydrogens (tertiary/aromatic N) is 2. The second-order valence-electron chi connectivity index (χ2n) is 6.46. The zero-order valence-corrected chi connectivity index (χ0v) is 14.4. The van der Waals surface area contributed by atoms with Crippen LogP contribution >= 0.6 is 0 Å². The van der Waals surface area contributed by atoms with Gasteiger partial charge in [0.1, 0.15) is 0 Å². The molecule has 1 fully saturated rings. The second-order valence-corrected chi connectivity index (χ2v) is 6.46. The van der Waals surface area contributed by atoms with Gasteiger partial charge >= 0.3 is 0 Å². The molecule has 2 N–H and O–H groups in total. The lowest BCUT2D eigenvalue weighted by Gasteiger charge is -2.31. The minimum atomic E-state index is 0.724. The Balaban J connectivity index is 1.48. The van der Waals surface area contributed by atoms with E-state index in [1.54, 1.807) is 0 Å². The van der Waals surface area contributed by atoms with Crippen molar-refractivity contribution in [1.29, 1.82) is 0 Å². The molecule has 0 aliphatic carbocycles. The van der Waals surface area contributed by atoms with Gasteiger partial charge in [0.15, 0.2) is 5.96 Å². The van der Waals surface area contributed by atoms with Crippen LogP contribution in [-0.4, -0.2) is 43.7 Å². The largest absolute Gasteiger partial charge is 0.381 e. The van der Waals surface area contributed by atoms with Gasteiger partial charge in [0.05, 0.1) is 6.61 Å². The summed E-state index contributed by atoms with van der Waals surface area (Å²) >= 11 is 0. The maximum absolute atomic E-state index is 6.07. The summed E-state index contributed by atoms with van der Waals surface area (Å²) in [5, 5.41) is 0. The van der Waals surface area contributed by atoms with Gasteiger partial charge in [-0.25, -0.2) is 0 Å². The fourth-order valence-electron chi connectivity index (χ4n) is 2.78. The fourth-order valence-corrected chi connectivity index (χ4v) is 2.78. The highest BCUT2D eigenvalue weighted by molar-refractivity contribution is 5.78. The van der Waals surface area contributed by atoms with Gasteiger partial charge in [-0.3, -0.25) is 4.99 Å². The molecular weight excluding hydrogens is 286 g/mol. The first-order chi connectivity index (χ1) is 11.3. The van der Waals surface area contributed by atoms with Gasteiger partial charge in [-0.15, -0.1) is 0 Å². The minimum absolute atomic E-state index is 0.724. The molecule has 1 heterocycles. The Kier molecular flexibility index (Phi) is 7.95. The van der Waals surface area contributed by atoms with Gasteiger partial charge < -0.3 is 15.4 Å². The Bertz CT molecular complexity index is 453. The number of piperidine rings is 1. The first-order valence-electron chi connectivity index (χ1n) is 8.92. The van der Waals surface area contributed by atoms with Crippen molar-refractivity contribution in [2.24, 2.45) is 16.6 Å². The number of guanidine groups is 1. The van der Waals surface area contributed by atoms with E-state index in [9.17, 15) is 0 Å². The number of aliphatic imine (C=N–C) groups is 1. The van der Waals surface area contributed by atoms with E-state index in [0.29, 0.717) is 0 Å². The molecule has 0 unspecified atom stereocenters. The molecular formula is C19H31N3O. The molecule has 4 nitrogen and oxygen atoms in total. The lowest BCUT2D eigenvalue weighted by Crippen LogP contribution is -2.42. The molecule has 0 saturated carbocycles. The SMILES string of the molecule is CC1CCN(C(N)=NCCCCOCCc2ccccc2)CC1. The lowest BCUT2D eigenvalue weighted by molar-refractivity contribution is 0.134. The van der Waals surface area contributed by atoms with Gasteiger partial charge in [-0.2, -0.15) is 0 Å². The van der Waals surface area contributed by atoms with Crippen molar-refractivity contribution in [2.75, 3.05) is 32.8 Å². The van der Waals surface area contributed by atoms with Gasteiger partial charge in [0.25, 0.3) is 0 Å². The van der Waals surface area contributed by atoms with E-state index < -0.39 is 0 Å². The van der Waals surface area contributed by atoms with Crippen molar-refractivity contribution >= 4 is 5.96 Å². The first kappa shape index (κ1) is 17.8. The number of ether oxygens (including phenoxy) is 1. The third kappa shape index (κ3) is 7.04. The summed E-state index contributed by atoms with van der Waals surface area (Å²) in [7, 11) is 0. The molecule has 128 valence electrons. The van der Waals surface area contributed by atoms with Gasteiger partial charge in [0.2, 0.25) is 0 Å². The molecule has 23 heavy (non-hydrogen) atoms. The zero-order chi connectivity index (χ0) is 16.3. The summed E-state index contributed by atoms with van der Waals surface area (Å²) in [5.41, 5.74) is 7.40. The van der Waals surface area contributed by atoms with Crippen molar-refractivity contribution in [3.63, 3.8) is 0 Å². The Hall–Kier alpha value is -1.55. The number of rotatable bonds is 8. The highest BCUT2D eigenvalue weighted by Gasteiger charge is 2.16. The monoisotopic (exact) mass is 317 g/mol. The van der Waals surface area contributed by atoms with Crippen molar-refractivity contribution in [3.05, 3.63) is 35.9 Å². The van der Waals surface area contributed by atoms with Crippen LogP contribution in [0.1, 0.15) is 38.2 Å². The summed E-state index contributed by atoms with van der Waals surface area (Å²) in [6, 6.07) is 10.5. The van der Waals surface area contributed by atoms with E-state index in [4.69, 9.17) is 10.5 Å². The van der Waals surface area contributed by atoms with Crippen LogP contribution in [0.3, 0.4) is 0 Å². The minimum Gasteiger partial charge on any atom is -0.381 e. The van der Waals surface area contributed by atoms with Gasteiger partial charge in [-0.05, 0) is 43.6 Å². The smallest absolute Gasteiger partial charge is 0.191 e. The molecule has 1 aromatic rings. The summed E-state index contributed by atoms with van der Waals surface area (Å²) in [6.07, 6.45) is 5.52. The van der Waals surface area contributed by atoms with Gasteiger partial charge in [-0.1, -0.05) is 37.3 Å². The van der Waals surface area contributed by atoms with E-state index in [0.717, 1.165) is 64.0 Å². The molecule has 4 heteroatoms. The third-order valence-corrected chi connectivity index (χ3v) is 4.46. The van der Waals surface area contributed by atoms with Gasteiger partial charge in [0, 0.05) is 26.2 Å². The third-order valence-electron chi connectivity index (χ3n) is 4.46. The molecule has 2 rings (SSSR count). The number of likely N-dealkylation sites (tertiary alicyclic amines) is 1. The molecule has 0 amide bonds. The molecule has 1 aromatic carbocycles. The van der Waals surface area contributed by atoms with Crippen LogP contribution in [0, 0.1) is 5.92 Å². The zero-order valence-electron chi connectivity index (χ0n) is 14.4. The molecule has 0 radical (unpaired) electrons. The normalized spacial score (nSPS) is 16.7. The van der Waals surface area contributed by atoms with E-state index in [2.05, 4.69) is 41.1 Å².